The maximum Gasteiger partial charge on any atom is 0.242 e. The number of carbonyl (C=O) groups is 1. The average molecular weight is 207 g/mol. The van der Waals surface area contributed by atoms with Crippen molar-refractivity contribution < 1.29 is 4.79 Å². The summed E-state index contributed by atoms with van der Waals surface area (Å²) >= 11 is 0. The van der Waals surface area contributed by atoms with Crippen LogP contribution < -0.4 is 16.8 Å². The third kappa shape index (κ3) is 2.62. The Bertz CT molecular complexity index is 385. The van der Waals surface area contributed by atoms with Crippen molar-refractivity contribution in [2.24, 2.45) is 5.73 Å². The van der Waals surface area contributed by atoms with Crippen LogP contribution >= 0.6 is 0 Å². The Kier molecular flexibility index (Phi) is 2.88. The van der Waals surface area contributed by atoms with E-state index in [1.54, 1.807) is 19.9 Å². The van der Waals surface area contributed by atoms with Crippen LogP contribution in [0.2, 0.25) is 0 Å². The van der Waals surface area contributed by atoms with E-state index in [4.69, 9.17) is 11.5 Å². The summed E-state index contributed by atoms with van der Waals surface area (Å²) in [6.07, 6.45) is 0. The van der Waals surface area contributed by atoms with Crippen LogP contribution in [-0.2, 0) is 4.79 Å². The molecule has 1 aromatic carbocycles. The average Bonchev–Trinajstić information content (AvgIpc) is 2.10. The molecule has 5 N–H and O–H groups in total. The molecule has 1 rings (SSSR count). The number of anilines is 2. The lowest BCUT2D eigenvalue weighted by Gasteiger charge is -2.24. The van der Waals surface area contributed by atoms with Crippen LogP contribution in [0.15, 0.2) is 18.2 Å². The van der Waals surface area contributed by atoms with Gasteiger partial charge in [0.1, 0.15) is 5.54 Å². The number of nitrogen functional groups attached to an aromatic ring is 1. The molecule has 1 amide bonds. The van der Waals surface area contributed by atoms with Crippen LogP contribution in [0.1, 0.15) is 19.4 Å². The van der Waals surface area contributed by atoms with Gasteiger partial charge in [0.25, 0.3) is 0 Å². The molecule has 1 aromatic rings. The van der Waals surface area contributed by atoms with Gasteiger partial charge in [-0.2, -0.15) is 0 Å². The van der Waals surface area contributed by atoms with Gasteiger partial charge in [0, 0.05) is 11.4 Å². The summed E-state index contributed by atoms with van der Waals surface area (Å²) in [6, 6.07) is 5.52. The lowest BCUT2D eigenvalue weighted by atomic mass is 10.0. The summed E-state index contributed by atoms with van der Waals surface area (Å²) in [4.78, 5) is 11.1. The predicted molar refractivity (Wildman–Crippen MR) is 62.5 cm³/mol. The smallest absolute Gasteiger partial charge is 0.242 e. The summed E-state index contributed by atoms with van der Waals surface area (Å²) in [7, 11) is 0. The Hall–Kier alpha value is -1.71. The molecule has 0 saturated heterocycles. The van der Waals surface area contributed by atoms with E-state index in [9.17, 15) is 4.79 Å². The molecule has 82 valence electrons. The standard InChI is InChI=1S/C11H17N3O/c1-7-6-8(4-5-9(7)12)14-11(2,3)10(13)15/h4-6,14H,12H2,1-3H3,(H2,13,15). The van der Waals surface area contributed by atoms with E-state index < -0.39 is 11.4 Å². The SMILES string of the molecule is Cc1cc(NC(C)(C)C(N)=O)ccc1N. The first-order valence-corrected chi connectivity index (χ1v) is 4.77. The van der Waals surface area contributed by atoms with E-state index in [1.165, 1.54) is 0 Å². The highest BCUT2D eigenvalue weighted by molar-refractivity contribution is 5.87. The van der Waals surface area contributed by atoms with Crippen LogP contribution in [0.3, 0.4) is 0 Å². The molecule has 0 bridgehead atoms. The molecule has 4 heteroatoms. The van der Waals surface area contributed by atoms with Gasteiger partial charge in [0.2, 0.25) is 5.91 Å². The summed E-state index contributed by atoms with van der Waals surface area (Å²) in [5.74, 6) is -0.392. The van der Waals surface area contributed by atoms with Crippen molar-refractivity contribution in [3.8, 4) is 0 Å². The molecule has 0 atom stereocenters. The number of aryl methyl sites for hydroxylation is 1. The molecule has 15 heavy (non-hydrogen) atoms. The number of primary amides is 1. The van der Waals surface area contributed by atoms with Crippen LogP contribution in [0.25, 0.3) is 0 Å². The lowest BCUT2D eigenvalue weighted by Crippen LogP contribution is -2.45. The molecule has 0 aliphatic rings. The summed E-state index contributed by atoms with van der Waals surface area (Å²) in [5.41, 5.74) is 12.7. The molecular formula is C11H17N3O. The zero-order valence-electron chi connectivity index (χ0n) is 9.29. The second-order valence-corrected chi connectivity index (χ2v) is 4.19. The number of benzene rings is 1. The first-order chi connectivity index (χ1) is 6.83. The molecule has 0 radical (unpaired) electrons. The summed E-state index contributed by atoms with van der Waals surface area (Å²) in [5, 5.41) is 3.06. The fourth-order valence-corrected chi connectivity index (χ4v) is 1.18. The van der Waals surface area contributed by atoms with Gasteiger partial charge in [-0.25, -0.2) is 0 Å². The predicted octanol–water partition coefficient (Wildman–Crippen LogP) is 1.25. The minimum atomic E-state index is -0.761. The Labute approximate surface area is 89.6 Å². The maximum absolute atomic E-state index is 11.1. The Morgan fingerprint density at radius 2 is 2.00 bits per heavy atom. The van der Waals surface area contributed by atoms with Crippen molar-refractivity contribution in [3.63, 3.8) is 0 Å². The van der Waals surface area contributed by atoms with Gasteiger partial charge in [-0.05, 0) is 44.5 Å². The Morgan fingerprint density at radius 3 is 2.47 bits per heavy atom. The molecule has 0 aliphatic carbocycles. The number of carbonyl (C=O) groups excluding carboxylic acids is 1. The van der Waals surface area contributed by atoms with Gasteiger partial charge >= 0.3 is 0 Å². The molecule has 0 aromatic heterocycles. The van der Waals surface area contributed by atoms with Gasteiger partial charge in [-0.15, -0.1) is 0 Å². The quantitative estimate of drug-likeness (QED) is 0.652. The molecule has 0 heterocycles. The van der Waals surface area contributed by atoms with Crippen LogP contribution in [0.4, 0.5) is 11.4 Å². The fraction of sp³-hybridized carbons (Fsp3) is 0.364. The molecular weight excluding hydrogens is 190 g/mol. The van der Waals surface area contributed by atoms with E-state index >= 15 is 0 Å². The number of hydrogen-bond donors (Lipinski definition) is 3. The lowest BCUT2D eigenvalue weighted by molar-refractivity contribution is -0.121. The van der Waals surface area contributed by atoms with Gasteiger partial charge in [0.05, 0.1) is 0 Å². The van der Waals surface area contributed by atoms with Gasteiger partial charge in [-0.3, -0.25) is 4.79 Å². The molecule has 0 fully saturated rings. The highest BCUT2D eigenvalue weighted by Crippen LogP contribution is 2.19. The van der Waals surface area contributed by atoms with Crippen LogP contribution in [0.5, 0.6) is 0 Å². The van der Waals surface area contributed by atoms with E-state index in [0.717, 1.165) is 16.9 Å². The second-order valence-electron chi connectivity index (χ2n) is 4.19. The van der Waals surface area contributed by atoms with Gasteiger partial charge in [0.15, 0.2) is 0 Å². The first-order valence-electron chi connectivity index (χ1n) is 4.77. The van der Waals surface area contributed by atoms with Gasteiger partial charge in [-0.1, -0.05) is 0 Å². The third-order valence-corrected chi connectivity index (χ3v) is 2.34. The van der Waals surface area contributed by atoms with Crippen LogP contribution in [0, 0.1) is 6.92 Å². The third-order valence-electron chi connectivity index (χ3n) is 2.34. The first kappa shape index (κ1) is 11.4. The number of hydrogen-bond acceptors (Lipinski definition) is 3. The minimum Gasteiger partial charge on any atom is -0.399 e. The maximum atomic E-state index is 11.1. The summed E-state index contributed by atoms with van der Waals surface area (Å²) < 4.78 is 0. The van der Waals surface area contributed by atoms with Crippen LogP contribution in [-0.4, -0.2) is 11.4 Å². The van der Waals surface area contributed by atoms with Crippen molar-refractivity contribution in [2.45, 2.75) is 26.3 Å². The van der Waals surface area contributed by atoms with E-state index in [0.29, 0.717) is 0 Å². The van der Waals surface area contributed by atoms with Crippen molar-refractivity contribution >= 4 is 17.3 Å². The van der Waals surface area contributed by atoms with Crippen molar-refractivity contribution in [3.05, 3.63) is 23.8 Å². The molecule has 0 unspecified atom stereocenters. The van der Waals surface area contributed by atoms with E-state index in [2.05, 4.69) is 5.32 Å². The molecule has 0 saturated carbocycles. The molecule has 0 aliphatic heterocycles. The zero-order chi connectivity index (χ0) is 11.6. The Balaban J connectivity index is 2.91. The number of nitrogens with two attached hydrogens (primary N) is 2. The second kappa shape index (κ2) is 3.81. The number of amides is 1. The molecule has 0 spiro atoms. The number of rotatable bonds is 3. The fourth-order valence-electron chi connectivity index (χ4n) is 1.18. The molecule has 4 nitrogen and oxygen atoms in total. The highest BCUT2D eigenvalue weighted by Gasteiger charge is 2.24. The van der Waals surface area contributed by atoms with Gasteiger partial charge < -0.3 is 16.8 Å². The van der Waals surface area contributed by atoms with E-state index in [-0.39, 0.29) is 0 Å². The minimum absolute atomic E-state index is 0.392. The summed E-state index contributed by atoms with van der Waals surface area (Å²) in [6.45, 7) is 5.39. The number of nitrogens with one attached hydrogen (secondary N) is 1. The van der Waals surface area contributed by atoms with Crippen molar-refractivity contribution in [2.75, 3.05) is 11.1 Å². The zero-order valence-corrected chi connectivity index (χ0v) is 9.29. The van der Waals surface area contributed by atoms with Crippen molar-refractivity contribution in [1.29, 1.82) is 0 Å². The monoisotopic (exact) mass is 207 g/mol. The van der Waals surface area contributed by atoms with E-state index in [1.807, 2.05) is 19.1 Å². The van der Waals surface area contributed by atoms with Crippen molar-refractivity contribution in [1.82, 2.24) is 0 Å². The largest absolute Gasteiger partial charge is 0.399 e. The topological polar surface area (TPSA) is 81.1 Å². The normalized spacial score (nSPS) is 11.1. The highest BCUT2D eigenvalue weighted by atomic mass is 16.1. The Morgan fingerprint density at radius 1 is 1.40 bits per heavy atom.